The summed E-state index contributed by atoms with van der Waals surface area (Å²) in [6.45, 7) is 3.03. The minimum Gasteiger partial charge on any atom is -0.389 e. The molecule has 4 rings (SSSR count). The third kappa shape index (κ3) is 2.26. The van der Waals surface area contributed by atoms with Crippen molar-refractivity contribution in [2.24, 2.45) is 28.6 Å². The van der Waals surface area contributed by atoms with Gasteiger partial charge in [-0.1, -0.05) is 13.8 Å². The molecule has 3 fully saturated rings. The van der Waals surface area contributed by atoms with Gasteiger partial charge in [-0.25, -0.2) is 0 Å². The molecule has 0 aromatic carbocycles. The van der Waals surface area contributed by atoms with Crippen LogP contribution < -0.4 is 0 Å². The number of hydrogen-bond acceptors (Lipinski definition) is 6. The first-order chi connectivity index (χ1) is 12.6. The minimum absolute atomic E-state index is 0.000497. The van der Waals surface area contributed by atoms with Gasteiger partial charge in [0, 0.05) is 29.6 Å². The van der Waals surface area contributed by atoms with E-state index < -0.39 is 34.9 Å². The van der Waals surface area contributed by atoms with Crippen LogP contribution >= 0.6 is 0 Å². The Labute approximate surface area is 158 Å². The Bertz CT molecular complexity index is 756. The van der Waals surface area contributed by atoms with Gasteiger partial charge < -0.3 is 15.3 Å². The maximum Gasteiger partial charge on any atom is 0.190 e. The molecule has 148 valence electrons. The summed E-state index contributed by atoms with van der Waals surface area (Å²) in [6.07, 6.45) is 2.96. The summed E-state index contributed by atoms with van der Waals surface area (Å²) in [4.78, 5) is 37.6. The Morgan fingerprint density at radius 1 is 1.26 bits per heavy atom. The Morgan fingerprint density at radius 2 is 1.96 bits per heavy atom. The third-order valence-corrected chi connectivity index (χ3v) is 8.43. The average molecular weight is 376 g/mol. The first-order valence-corrected chi connectivity index (χ1v) is 9.91. The highest BCUT2D eigenvalue weighted by atomic mass is 16.3. The van der Waals surface area contributed by atoms with Crippen LogP contribution in [0.4, 0.5) is 0 Å². The number of aliphatic hydroxyl groups excluding tert-OH is 2. The highest BCUT2D eigenvalue weighted by molar-refractivity contribution is 5.94. The molecular formula is C21H28O6. The van der Waals surface area contributed by atoms with E-state index in [2.05, 4.69) is 0 Å². The highest BCUT2D eigenvalue weighted by Gasteiger charge is 2.69. The van der Waals surface area contributed by atoms with E-state index in [-0.39, 0.29) is 42.2 Å². The molecule has 0 heterocycles. The van der Waals surface area contributed by atoms with Crippen molar-refractivity contribution in [3.05, 3.63) is 11.6 Å². The zero-order valence-corrected chi connectivity index (χ0v) is 15.9. The summed E-state index contributed by atoms with van der Waals surface area (Å²) < 4.78 is 0. The second-order valence-corrected chi connectivity index (χ2v) is 9.52. The quantitative estimate of drug-likeness (QED) is 0.662. The van der Waals surface area contributed by atoms with Gasteiger partial charge in [-0.05, 0) is 49.2 Å². The fraction of sp³-hybridized carbons (Fsp3) is 0.762. The number of carbonyl (C=O) groups is 3. The number of ketones is 3. The van der Waals surface area contributed by atoms with Crippen LogP contribution in [0.25, 0.3) is 0 Å². The van der Waals surface area contributed by atoms with Gasteiger partial charge in [-0.3, -0.25) is 14.4 Å². The molecule has 0 aromatic rings. The number of carbonyl (C=O) groups excluding carboxylic acids is 3. The van der Waals surface area contributed by atoms with Crippen molar-refractivity contribution < 1.29 is 29.7 Å². The van der Waals surface area contributed by atoms with Gasteiger partial charge in [0.25, 0.3) is 0 Å². The van der Waals surface area contributed by atoms with Crippen LogP contribution in [0.3, 0.4) is 0 Å². The number of aliphatic hydroxyl groups is 3. The highest BCUT2D eigenvalue weighted by Crippen LogP contribution is 2.66. The normalized spacial score (nSPS) is 49.1. The van der Waals surface area contributed by atoms with Gasteiger partial charge in [-0.2, -0.15) is 0 Å². The van der Waals surface area contributed by atoms with Gasteiger partial charge in [0.1, 0.15) is 18.0 Å². The molecule has 4 aliphatic rings. The number of hydrogen-bond donors (Lipinski definition) is 3. The summed E-state index contributed by atoms with van der Waals surface area (Å²) in [5.41, 5.74) is -2.49. The van der Waals surface area contributed by atoms with Crippen molar-refractivity contribution in [1.29, 1.82) is 0 Å². The van der Waals surface area contributed by atoms with E-state index in [0.29, 0.717) is 31.3 Å². The minimum atomic E-state index is -1.70. The zero-order valence-electron chi connectivity index (χ0n) is 15.9. The standard InChI is InChI=1S/C21H28O6/c1-19-5-3-11(23)7-14(19)15(24)8-12-13-4-6-21(27,17(26)10-22)20(13,2)9-16(25)18(12)19/h7,12-13,15,18,22,24,27H,3-6,8-10H2,1-2H3/t12-,13-,15+,18+,19-,20-,21-/m0/s1. The first kappa shape index (κ1) is 19.0. The molecule has 0 amide bonds. The molecule has 3 saturated carbocycles. The van der Waals surface area contributed by atoms with Crippen LogP contribution in [0.5, 0.6) is 0 Å². The Morgan fingerprint density at radius 3 is 2.63 bits per heavy atom. The summed E-state index contributed by atoms with van der Waals surface area (Å²) in [5, 5.41) is 31.3. The van der Waals surface area contributed by atoms with E-state index in [4.69, 9.17) is 0 Å². The van der Waals surface area contributed by atoms with Crippen LogP contribution in [0.15, 0.2) is 11.6 Å². The predicted molar refractivity (Wildman–Crippen MR) is 95.5 cm³/mol. The topological polar surface area (TPSA) is 112 Å². The van der Waals surface area contributed by atoms with Gasteiger partial charge in [0.15, 0.2) is 11.6 Å². The number of fused-ring (bicyclic) bond motifs is 5. The predicted octanol–water partition coefficient (Wildman–Crippen LogP) is 0.961. The molecule has 4 aliphatic carbocycles. The summed E-state index contributed by atoms with van der Waals surface area (Å²) in [7, 11) is 0. The molecule has 6 heteroatoms. The molecule has 7 atom stereocenters. The molecular weight excluding hydrogens is 348 g/mol. The molecule has 0 unspecified atom stereocenters. The van der Waals surface area contributed by atoms with E-state index in [1.807, 2.05) is 6.92 Å². The monoisotopic (exact) mass is 376 g/mol. The summed E-state index contributed by atoms with van der Waals surface area (Å²) in [6, 6.07) is 0. The molecule has 0 saturated heterocycles. The van der Waals surface area contributed by atoms with Crippen LogP contribution in [-0.2, 0) is 14.4 Å². The molecule has 6 nitrogen and oxygen atoms in total. The van der Waals surface area contributed by atoms with E-state index in [1.54, 1.807) is 6.92 Å². The number of rotatable bonds is 2. The smallest absolute Gasteiger partial charge is 0.190 e. The number of Topliss-reactive ketones (excluding diaryl/α,β-unsaturated/α-hetero) is 2. The van der Waals surface area contributed by atoms with Crippen molar-refractivity contribution in [3.8, 4) is 0 Å². The Hall–Kier alpha value is -1.37. The molecule has 27 heavy (non-hydrogen) atoms. The first-order valence-electron chi connectivity index (χ1n) is 9.91. The lowest BCUT2D eigenvalue weighted by Crippen LogP contribution is -2.62. The maximum atomic E-state index is 13.3. The van der Waals surface area contributed by atoms with Crippen molar-refractivity contribution in [1.82, 2.24) is 0 Å². The second-order valence-electron chi connectivity index (χ2n) is 9.52. The molecule has 0 aliphatic heterocycles. The SMILES string of the molecule is C[C@]12CCC(=O)C=C1[C@H](O)C[C@@H]1[C@@H]2C(=O)C[C@@]2(C)[C@H]1CC[C@]2(O)C(=O)CO. The second kappa shape index (κ2) is 5.82. The van der Waals surface area contributed by atoms with Crippen molar-refractivity contribution in [3.63, 3.8) is 0 Å². The lowest BCUT2D eigenvalue weighted by Gasteiger charge is -2.58. The fourth-order valence-corrected chi connectivity index (χ4v) is 7.03. The van der Waals surface area contributed by atoms with Gasteiger partial charge >= 0.3 is 0 Å². The Kier molecular flexibility index (Phi) is 4.09. The van der Waals surface area contributed by atoms with E-state index in [1.165, 1.54) is 6.08 Å². The third-order valence-electron chi connectivity index (χ3n) is 8.43. The average Bonchev–Trinajstić information content (AvgIpc) is 2.87. The van der Waals surface area contributed by atoms with E-state index in [0.717, 1.165) is 0 Å². The summed E-state index contributed by atoms with van der Waals surface area (Å²) in [5.74, 6) is -1.14. The molecule has 0 bridgehead atoms. The van der Waals surface area contributed by atoms with E-state index in [9.17, 15) is 29.7 Å². The van der Waals surface area contributed by atoms with Crippen LogP contribution in [-0.4, -0.2) is 51.0 Å². The van der Waals surface area contributed by atoms with Crippen LogP contribution in [0.1, 0.15) is 52.4 Å². The van der Waals surface area contributed by atoms with Crippen LogP contribution in [0.2, 0.25) is 0 Å². The van der Waals surface area contributed by atoms with Crippen LogP contribution in [0, 0.1) is 28.6 Å². The fourth-order valence-electron chi connectivity index (χ4n) is 7.03. The lowest BCUT2D eigenvalue weighted by atomic mass is 9.45. The van der Waals surface area contributed by atoms with Gasteiger partial charge in [0.2, 0.25) is 0 Å². The maximum absolute atomic E-state index is 13.3. The largest absolute Gasteiger partial charge is 0.389 e. The zero-order chi connectivity index (χ0) is 19.8. The van der Waals surface area contributed by atoms with Gasteiger partial charge in [0.05, 0.1) is 6.10 Å². The van der Waals surface area contributed by atoms with Crippen molar-refractivity contribution in [2.45, 2.75) is 64.1 Å². The van der Waals surface area contributed by atoms with Gasteiger partial charge in [-0.15, -0.1) is 0 Å². The van der Waals surface area contributed by atoms with Crippen molar-refractivity contribution >= 4 is 17.3 Å². The molecule has 3 N–H and O–H groups in total. The molecule has 0 radical (unpaired) electrons. The molecule has 0 aromatic heterocycles. The lowest BCUT2D eigenvalue weighted by molar-refractivity contribution is -0.172. The van der Waals surface area contributed by atoms with Crippen molar-refractivity contribution in [2.75, 3.05) is 6.61 Å². The van der Waals surface area contributed by atoms with E-state index >= 15 is 0 Å². The summed E-state index contributed by atoms with van der Waals surface area (Å²) >= 11 is 0. The Balaban J connectivity index is 1.78. The molecule has 0 spiro atoms.